The van der Waals surface area contributed by atoms with Crippen molar-refractivity contribution in [2.45, 2.75) is 52.0 Å². The third kappa shape index (κ3) is 4.29. The smallest absolute Gasteiger partial charge is 0.228 e. The van der Waals surface area contributed by atoms with Gasteiger partial charge in [-0.25, -0.2) is 0 Å². The number of halogens is 1. The van der Waals surface area contributed by atoms with E-state index in [2.05, 4.69) is 39.9 Å². The van der Waals surface area contributed by atoms with E-state index in [4.69, 9.17) is 4.52 Å². The molecule has 1 saturated carbocycles. The third-order valence-corrected chi connectivity index (χ3v) is 5.53. The van der Waals surface area contributed by atoms with Crippen molar-refractivity contribution >= 4 is 21.8 Å². The number of carbonyl (C=O) groups excluding carboxylic acids is 1. The molecule has 2 aromatic rings. The lowest BCUT2D eigenvalue weighted by Crippen LogP contribution is -2.44. The number of hydrogen-bond donors (Lipinski definition) is 0. The van der Waals surface area contributed by atoms with Crippen LogP contribution in [0.3, 0.4) is 0 Å². The quantitative estimate of drug-likeness (QED) is 0.681. The average Bonchev–Trinajstić information content (AvgIpc) is 3.02. The molecule has 0 radical (unpaired) electrons. The van der Waals surface area contributed by atoms with Crippen LogP contribution in [0.4, 0.5) is 0 Å². The summed E-state index contributed by atoms with van der Waals surface area (Å²) in [5.74, 6) is 1.67. The van der Waals surface area contributed by atoms with E-state index in [1.807, 2.05) is 29.2 Å². The van der Waals surface area contributed by atoms with E-state index in [1.165, 1.54) is 6.42 Å². The molecule has 1 fully saturated rings. The molecule has 1 heterocycles. The van der Waals surface area contributed by atoms with Gasteiger partial charge in [-0.3, -0.25) is 4.79 Å². The van der Waals surface area contributed by atoms with Crippen LogP contribution < -0.4 is 0 Å². The maximum Gasteiger partial charge on any atom is 0.228 e. The van der Waals surface area contributed by atoms with Crippen LogP contribution in [0, 0.1) is 5.92 Å². The summed E-state index contributed by atoms with van der Waals surface area (Å²) in [6.07, 6.45) is 4.77. The first-order valence-electron chi connectivity index (χ1n) is 8.97. The van der Waals surface area contributed by atoms with Crippen molar-refractivity contribution in [3.8, 4) is 11.4 Å². The number of benzene rings is 1. The molecule has 0 unspecified atom stereocenters. The van der Waals surface area contributed by atoms with Crippen LogP contribution in [0.2, 0.25) is 0 Å². The third-order valence-electron chi connectivity index (χ3n) is 5.00. The van der Waals surface area contributed by atoms with Crippen molar-refractivity contribution in [2.24, 2.45) is 5.92 Å². The largest absolute Gasteiger partial charge is 0.339 e. The SMILES string of the molecule is CC[C@@H](C)N(CCc1nc(-c2ccc(Br)cc2)no1)C(=O)C1CCC1. The summed E-state index contributed by atoms with van der Waals surface area (Å²) < 4.78 is 6.40. The Morgan fingerprint density at radius 2 is 2.08 bits per heavy atom. The van der Waals surface area contributed by atoms with Gasteiger partial charge in [0.2, 0.25) is 17.6 Å². The van der Waals surface area contributed by atoms with Crippen LogP contribution >= 0.6 is 15.9 Å². The normalized spacial score (nSPS) is 15.6. The molecule has 0 bridgehead atoms. The average molecular weight is 406 g/mol. The number of amides is 1. The van der Waals surface area contributed by atoms with Crippen LogP contribution in [-0.2, 0) is 11.2 Å². The van der Waals surface area contributed by atoms with Gasteiger partial charge >= 0.3 is 0 Å². The fourth-order valence-electron chi connectivity index (χ4n) is 2.95. The molecule has 1 aliphatic carbocycles. The fraction of sp³-hybridized carbons (Fsp3) is 0.526. The summed E-state index contributed by atoms with van der Waals surface area (Å²) in [5, 5.41) is 4.06. The van der Waals surface area contributed by atoms with E-state index >= 15 is 0 Å². The van der Waals surface area contributed by atoms with E-state index in [9.17, 15) is 4.79 Å². The molecular weight excluding hydrogens is 382 g/mol. The maximum absolute atomic E-state index is 12.7. The molecule has 5 nitrogen and oxygen atoms in total. The molecular formula is C19H24BrN3O2. The zero-order chi connectivity index (χ0) is 17.8. The highest BCUT2D eigenvalue weighted by Gasteiger charge is 2.31. The monoisotopic (exact) mass is 405 g/mol. The van der Waals surface area contributed by atoms with Crippen LogP contribution in [0.5, 0.6) is 0 Å². The Balaban J connectivity index is 1.64. The summed E-state index contributed by atoms with van der Waals surface area (Å²) in [7, 11) is 0. The van der Waals surface area contributed by atoms with Crippen molar-refractivity contribution in [3.05, 3.63) is 34.6 Å². The van der Waals surface area contributed by atoms with E-state index in [-0.39, 0.29) is 17.9 Å². The zero-order valence-corrected chi connectivity index (χ0v) is 16.3. The van der Waals surface area contributed by atoms with E-state index in [0.29, 0.717) is 24.7 Å². The van der Waals surface area contributed by atoms with Gasteiger partial charge in [-0.1, -0.05) is 34.4 Å². The summed E-state index contributed by atoms with van der Waals surface area (Å²) in [5.41, 5.74) is 0.919. The Hall–Kier alpha value is -1.69. The van der Waals surface area contributed by atoms with Gasteiger partial charge in [0, 0.05) is 35.0 Å². The Labute approximate surface area is 156 Å². The number of aromatic nitrogens is 2. The molecule has 1 atom stereocenters. The fourth-order valence-corrected chi connectivity index (χ4v) is 3.21. The predicted octanol–water partition coefficient (Wildman–Crippen LogP) is 4.47. The van der Waals surface area contributed by atoms with Crippen molar-refractivity contribution < 1.29 is 9.32 Å². The first-order valence-corrected chi connectivity index (χ1v) is 9.76. The van der Waals surface area contributed by atoms with Crippen molar-refractivity contribution in [2.75, 3.05) is 6.54 Å². The summed E-state index contributed by atoms with van der Waals surface area (Å²) in [6.45, 7) is 4.86. The van der Waals surface area contributed by atoms with Gasteiger partial charge in [0.25, 0.3) is 0 Å². The lowest BCUT2D eigenvalue weighted by molar-refractivity contribution is -0.140. The summed E-state index contributed by atoms with van der Waals surface area (Å²) in [4.78, 5) is 19.1. The van der Waals surface area contributed by atoms with Crippen molar-refractivity contribution in [1.29, 1.82) is 0 Å². The van der Waals surface area contributed by atoms with Crippen molar-refractivity contribution in [3.63, 3.8) is 0 Å². The minimum absolute atomic E-state index is 0.218. The van der Waals surface area contributed by atoms with Gasteiger partial charge in [0.15, 0.2) is 0 Å². The first-order chi connectivity index (χ1) is 12.1. The molecule has 0 N–H and O–H groups in total. The van der Waals surface area contributed by atoms with E-state index < -0.39 is 0 Å². The van der Waals surface area contributed by atoms with Crippen LogP contribution in [0.1, 0.15) is 45.4 Å². The molecule has 1 amide bonds. The highest BCUT2D eigenvalue weighted by Crippen LogP contribution is 2.29. The second kappa shape index (κ2) is 8.13. The molecule has 25 heavy (non-hydrogen) atoms. The summed E-state index contributed by atoms with van der Waals surface area (Å²) >= 11 is 3.42. The second-order valence-corrected chi connectivity index (χ2v) is 7.60. The minimum atomic E-state index is 0.218. The van der Waals surface area contributed by atoms with E-state index in [0.717, 1.165) is 29.3 Å². The minimum Gasteiger partial charge on any atom is -0.339 e. The number of hydrogen-bond acceptors (Lipinski definition) is 4. The Kier molecular flexibility index (Phi) is 5.89. The van der Waals surface area contributed by atoms with Crippen LogP contribution in [-0.4, -0.2) is 33.5 Å². The first kappa shape index (κ1) is 18.1. The topological polar surface area (TPSA) is 59.2 Å². The van der Waals surface area contributed by atoms with Gasteiger partial charge in [0.05, 0.1) is 0 Å². The van der Waals surface area contributed by atoms with Gasteiger partial charge in [-0.15, -0.1) is 0 Å². The number of nitrogens with zero attached hydrogens (tertiary/aromatic N) is 3. The standard InChI is InChI=1S/C19H24BrN3O2/c1-3-13(2)23(19(24)15-5-4-6-15)12-11-17-21-18(22-25-17)14-7-9-16(20)10-8-14/h7-10,13,15H,3-6,11-12H2,1-2H3/t13-/m1/s1. The summed E-state index contributed by atoms with van der Waals surface area (Å²) in [6, 6.07) is 8.04. The molecule has 6 heteroatoms. The Morgan fingerprint density at radius 3 is 2.68 bits per heavy atom. The lowest BCUT2D eigenvalue weighted by atomic mass is 9.84. The maximum atomic E-state index is 12.7. The van der Waals surface area contributed by atoms with Gasteiger partial charge in [-0.05, 0) is 50.5 Å². The molecule has 0 spiro atoms. The molecule has 0 saturated heterocycles. The van der Waals surface area contributed by atoms with Crippen LogP contribution in [0.15, 0.2) is 33.3 Å². The van der Waals surface area contributed by atoms with E-state index in [1.54, 1.807) is 0 Å². The Morgan fingerprint density at radius 1 is 1.36 bits per heavy atom. The molecule has 134 valence electrons. The lowest BCUT2D eigenvalue weighted by Gasteiger charge is -2.35. The van der Waals surface area contributed by atoms with Gasteiger partial charge in [-0.2, -0.15) is 4.98 Å². The van der Waals surface area contributed by atoms with Gasteiger partial charge in [0.1, 0.15) is 0 Å². The highest BCUT2D eigenvalue weighted by atomic mass is 79.9. The second-order valence-electron chi connectivity index (χ2n) is 6.69. The molecule has 1 aromatic heterocycles. The predicted molar refractivity (Wildman–Crippen MR) is 99.9 cm³/mol. The molecule has 0 aliphatic heterocycles. The molecule has 1 aromatic carbocycles. The number of rotatable bonds is 7. The molecule has 3 rings (SSSR count). The van der Waals surface area contributed by atoms with Gasteiger partial charge < -0.3 is 9.42 Å². The molecule has 1 aliphatic rings. The zero-order valence-electron chi connectivity index (χ0n) is 14.7. The number of carbonyl (C=O) groups is 1. The van der Waals surface area contributed by atoms with Crippen molar-refractivity contribution in [1.82, 2.24) is 15.0 Å². The Bertz CT molecular complexity index is 710. The van der Waals surface area contributed by atoms with Crippen LogP contribution in [0.25, 0.3) is 11.4 Å². The highest BCUT2D eigenvalue weighted by molar-refractivity contribution is 9.10.